The Bertz CT molecular complexity index is 3610. The van der Waals surface area contributed by atoms with E-state index in [-0.39, 0.29) is 70.2 Å². The number of pyridine rings is 2. The van der Waals surface area contributed by atoms with Gasteiger partial charge in [-0.15, -0.1) is 0 Å². The van der Waals surface area contributed by atoms with Crippen LogP contribution in [0.15, 0.2) is 53.2 Å². The second-order valence-electron chi connectivity index (χ2n) is 21.7. The molecular formula is C53H59F2N17O7. The van der Waals surface area contributed by atoms with E-state index in [1.54, 1.807) is 6.20 Å². The number of hydrogen-bond donors (Lipinski definition) is 7. The molecule has 24 nitrogen and oxygen atoms in total. The quantitative estimate of drug-likeness (QED) is 0.0875. The van der Waals surface area contributed by atoms with Gasteiger partial charge in [0.15, 0.2) is 22.9 Å². The fourth-order valence-corrected chi connectivity index (χ4v) is 11.7. The van der Waals surface area contributed by atoms with Crippen molar-refractivity contribution in [1.29, 1.82) is 0 Å². The van der Waals surface area contributed by atoms with Crippen LogP contribution < -0.4 is 16.8 Å². The number of halogens is 2. The van der Waals surface area contributed by atoms with Crippen molar-refractivity contribution in [1.82, 2.24) is 64.6 Å². The number of anilines is 2. The minimum atomic E-state index is -1.44. The summed E-state index contributed by atoms with van der Waals surface area (Å²) in [7, 11) is 0. The number of H-pyrrole nitrogens is 1. The summed E-state index contributed by atoms with van der Waals surface area (Å²) in [6.07, 6.45) is 15.7. The lowest BCUT2D eigenvalue weighted by Gasteiger charge is -2.39. The molecule has 0 spiro atoms. The number of piperidine rings is 2. The van der Waals surface area contributed by atoms with Gasteiger partial charge in [0.2, 0.25) is 5.82 Å². The number of rotatable bonds is 10. The van der Waals surface area contributed by atoms with E-state index in [2.05, 4.69) is 50.6 Å². The molecule has 4 fully saturated rings. The predicted molar refractivity (Wildman–Crippen MR) is 283 cm³/mol. The normalized spacial score (nSPS) is 21.4. The van der Waals surface area contributed by atoms with Gasteiger partial charge in [-0.05, 0) is 105 Å². The first-order valence-corrected chi connectivity index (χ1v) is 25.8. The molecule has 2 unspecified atom stereocenters. The van der Waals surface area contributed by atoms with Crippen LogP contribution in [-0.4, -0.2) is 141 Å². The number of amides is 1. The molecule has 7 aromatic rings. The summed E-state index contributed by atoms with van der Waals surface area (Å²) < 4.78 is 32.4. The number of nitrogen functional groups attached to an aromatic ring is 2. The molecule has 1 amide bonds. The number of aromatic carboxylic acids is 1. The molecule has 0 saturated carbocycles. The maximum Gasteiger partial charge on any atom is 0.373 e. The molecule has 4 saturated heterocycles. The lowest BCUT2D eigenvalue weighted by molar-refractivity contribution is -0.128. The van der Waals surface area contributed by atoms with Crippen LogP contribution in [0.4, 0.5) is 20.4 Å². The van der Waals surface area contributed by atoms with Crippen LogP contribution in [0.3, 0.4) is 0 Å². The summed E-state index contributed by atoms with van der Waals surface area (Å²) in [6, 6.07) is 3.46. The highest BCUT2D eigenvalue weighted by atomic mass is 19.1. The molecule has 12 heterocycles. The number of nitrogens with zero attached hydrogens (tertiary/aromatic N) is 13. The number of carboxylic acids is 1. The van der Waals surface area contributed by atoms with Gasteiger partial charge in [0.05, 0.1) is 41.5 Å². The Hall–Kier alpha value is -8.36. The first-order chi connectivity index (χ1) is 37.5. The molecule has 12 rings (SSSR count). The van der Waals surface area contributed by atoms with Crippen molar-refractivity contribution in [3.8, 4) is 22.3 Å². The summed E-state index contributed by atoms with van der Waals surface area (Å²) in [5, 5.41) is 46.3. The number of nitrogens with two attached hydrogens (primary N) is 2. The Balaban J connectivity index is 0.000000158. The van der Waals surface area contributed by atoms with Crippen LogP contribution in [0, 0.1) is 11.6 Å². The average molecular weight is 1080 g/mol. The topological polar surface area (TPSA) is 349 Å². The Morgan fingerprint density at radius 2 is 1.18 bits per heavy atom. The molecule has 4 bridgehead atoms. The summed E-state index contributed by atoms with van der Waals surface area (Å²) in [6.45, 7) is 9.15. The van der Waals surface area contributed by atoms with E-state index in [0.29, 0.717) is 93.2 Å². The minimum Gasteiger partial charge on any atom is -0.475 e. The third-order valence-electron chi connectivity index (χ3n) is 15.2. The maximum absolute atomic E-state index is 14.9. The molecule has 9 N–H and O–H groups in total. The van der Waals surface area contributed by atoms with E-state index in [9.17, 15) is 38.2 Å². The number of nitrogens with one attached hydrogen (secondary N) is 2. The predicted octanol–water partition coefficient (Wildman–Crippen LogP) is 5.11. The number of hydrogen-bond acceptors (Lipinski definition) is 19. The third kappa shape index (κ3) is 10.3. The molecule has 412 valence electrons. The van der Waals surface area contributed by atoms with Gasteiger partial charge < -0.3 is 37.0 Å². The number of aromatic amines is 1. The second kappa shape index (κ2) is 20.8. The molecule has 6 atom stereocenters. The van der Waals surface area contributed by atoms with E-state index in [0.717, 1.165) is 44.9 Å². The van der Waals surface area contributed by atoms with E-state index in [1.165, 1.54) is 87.6 Å². The van der Waals surface area contributed by atoms with Crippen LogP contribution in [-0.2, 0) is 16.0 Å². The highest BCUT2D eigenvalue weighted by molar-refractivity contribution is 6.41. The SMILES string of the molecule is CC(=O)c1c(C2C[C@H]3CC[C@@H](C2)N3)nc2c(-c3cnc(C(C)(C)O)c(F)c3)cnn2c1N.CC(=O)c1c(C2C[C@H]3CC[C@@H](C2)N3C(=O)C2=NC=NC2)nc2c(-c3cnc(C(C)(C)O)c(F)c3)cnn2c1N.O=C(O)c1ncn[nH]1. The van der Waals surface area contributed by atoms with E-state index in [1.807, 2.05) is 4.90 Å². The first kappa shape index (κ1) is 54.0. The molecule has 5 aliphatic rings. The minimum absolute atomic E-state index is 0.000617. The largest absolute Gasteiger partial charge is 0.475 e. The summed E-state index contributed by atoms with van der Waals surface area (Å²) in [4.78, 5) is 80.0. The fraction of sp³-hybridized carbons (Fsp3) is 0.434. The highest BCUT2D eigenvalue weighted by Gasteiger charge is 2.46. The Kier molecular flexibility index (Phi) is 14.2. The van der Waals surface area contributed by atoms with Crippen LogP contribution in [0.2, 0.25) is 0 Å². The van der Waals surface area contributed by atoms with Crippen LogP contribution >= 0.6 is 0 Å². The number of Topliss-reactive ketones (excluding diaryl/α,β-unsaturated/α-hetero) is 2. The number of fused-ring (bicyclic) bond motifs is 6. The smallest absolute Gasteiger partial charge is 0.373 e. The van der Waals surface area contributed by atoms with Crippen molar-refractivity contribution in [2.24, 2.45) is 9.98 Å². The Labute approximate surface area is 449 Å². The van der Waals surface area contributed by atoms with Gasteiger partial charge in [-0.25, -0.2) is 33.5 Å². The van der Waals surface area contributed by atoms with Crippen LogP contribution in [0.1, 0.15) is 159 Å². The van der Waals surface area contributed by atoms with E-state index < -0.39 is 28.8 Å². The summed E-state index contributed by atoms with van der Waals surface area (Å²) in [5.74, 6) is -2.50. The molecule has 7 aromatic heterocycles. The van der Waals surface area contributed by atoms with Gasteiger partial charge in [-0.2, -0.15) is 24.3 Å². The number of ketones is 2. The zero-order valence-electron chi connectivity index (χ0n) is 44.1. The maximum atomic E-state index is 14.9. The molecule has 0 radical (unpaired) electrons. The zero-order chi connectivity index (χ0) is 56.4. The highest BCUT2D eigenvalue weighted by Crippen LogP contribution is 2.45. The zero-order valence-corrected chi connectivity index (χ0v) is 44.1. The third-order valence-corrected chi connectivity index (χ3v) is 15.2. The van der Waals surface area contributed by atoms with Gasteiger partial charge in [0, 0.05) is 70.7 Å². The average Bonchev–Trinajstić information content (AvgIpc) is 4.31. The van der Waals surface area contributed by atoms with Gasteiger partial charge in [-0.1, -0.05) is 0 Å². The van der Waals surface area contributed by atoms with Crippen LogP contribution in [0.5, 0.6) is 0 Å². The van der Waals surface area contributed by atoms with Crippen molar-refractivity contribution < 1.29 is 43.3 Å². The van der Waals surface area contributed by atoms with Crippen molar-refractivity contribution >= 4 is 58.4 Å². The van der Waals surface area contributed by atoms with Crippen molar-refractivity contribution in [2.45, 2.75) is 140 Å². The van der Waals surface area contributed by atoms with Crippen molar-refractivity contribution in [3.05, 3.63) is 94.6 Å². The van der Waals surface area contributed by atoms with Gasteiger partial charge >= 0.3 is 5.97 Å². The van der Waals surface area contributed by atoms with Crippen molar-refractivity contribution in [3.63, 3.8) is 0 Å². The van der Waals surface area contributed by atoms with Gasteiger partial charge in [0.25, 0.3) is 5.91 Å². The summed E-state index contributed by atoms with van der Waals surface area (Å²) >= 11 is 0. The second-order valence-corrected chi connectivity index (χ2v) is 21.7. The molecule has 0 aliphatic carbocycles. The number of carbonyl (C=O) groups excluding carboxylic acids is 3. The Morgan fingerprint density at radius 1 is 0.696 bits per heavy atom. The number of carbonyl (C=O) groups is 4. The fourth-order valence-electron chi connectivity index (χ4n) is 11.7. The standard InChI is InChI=1S/C27H29FN8O3.C23H27FN6O2.C3H3N3O2/c1-13(37)21-22(14-6-16-4-5-17(7-14)35(16)26(38)20-11-30-12-32-20)34-25-18(10-33-36(25)24(21)29)15-8-19(28)23(31-9-15)27(2,3)39;1-11(31)18-19(12-6-14-4-5-15(7-12)28-14)29-22-16(10-27-30(22)21(18)25)13-8-17(24)20(26-9-13)23(2,3)32;7-3(8)2-4-1-5-6-2/h8-10,12,14,16-17,39H,4-7,11,29H2,1-3H3;8-10,12,14-15,28,32H,4-7,25H2,1-3H3;1H,(H,7,8)(H,4,5,6)/t14?,16-,17+;12?,14-,15+;. The Morgan fingerprint density at radius 3 is 1.56 bits per heavy atom. The molecular weight excluding hydrogens is 1020 g/mol. The van der Waals surface area contributed by atoms with E-state index >= 15 is 0 Å². The van der Waals surface area contributed by atoms with Gasteiger partial charge in [-0.3, -0.25) is 34.4 Å². The molecule has 5 aliphatic heterocycles. The number of aliphatic hydroxyl groups is 2. The number of aromatic nitrogens is 11. The number of carboxylic acid groups (broad SMARTS) is 1. The van der Waals surface area contributed by atoms with Crippen molar-refractivity contribution in [2.75, 3.05) is 18.0 Å². The first-order valence-electron chi connectivity index (χ1n) is 25.8. The lowest BCUT2D eigenvalue weighted by Crippen LogP contribution is -2.49. The molecule has 0 aromatic carbocycles. The van der Waals surface area contributed by atoms with Gasteiger partial charge in [0.1, 0.15) is 64.2 Å². The van der Waals surface area contributed by atoms with Crippen LogP contribution in [0.25, 0.3) is 33.5 Å². The summed E-state index contributed by atoms with van der Waals surface area (Å²) in [5.41, 5.74) is 15.2. The number of aliphatic imine (C=N–C) groups is 2. The molecule has 26 heteroatoms. The lowest BCUT2D eigenvalue weighted by atomic mass is 9.85. The monoisotopic (exact) mass is 1080 g/mol. The molecule has 79 heavy (non-hydrogen) atoms. The van der Waals surface area contributed by atoms with E-state index in [4.69, 9.17) is 26.5 Å².